The van der Waals surface area contributed by atoms with Gasteiger partial charge in [0.25, 0.3) is 0 Å². The molecule has 0 spiro atoms. The molecule has 0 aromatic carbocycles. The van der Waals surface area contributed by atoms with Crippen molar-refractivity contribution in [2.24, 2.45) is 11.8 Å². The van der Waals surface area contributed by atoms with Gasteiger partial charge in [-0.25, -0.2) is 0 Å². The van der Waals surface area contributed by atoms with Crippen molar-refractivity contribution in [2.45, 2.75) is 32.1 Å². The molecule has 0 N–H and O–H groups in total. The second kappa shape index (κ2) is 5.59. The average molecular weight is 175 g/mol. The highest BCUT2D eigenvalue weighted by molar-refractivity contribution is 5.07. The summed E-state index contributed by atoms with van der Waals surface area (Å²) in [7, 11) is 0. The maximum atomic E-state index is 8.46. The van der Waals surface area contributed by atoms with Crippen LogP contribution in [0.1, 0.15) is 32.1 Å². The third kappa shape index (κ3) is 3.06. The quantitative estimate of drug-likeness (QED) is 0.358. The summed E-state index contributed by atoms with van der Waals surface area (Å²) in [5.41, 5.74) is 0. The number of nitriles is 1. The van der Waals surface area contributed by atoms with Gasteiger partial charge in [0.15, 0.2) is 0 Å². The Hall–Kier alpha value is -1.03. The van der Waals surface area contributed by atoms with Crippen LogP contribution in [-0.2, 0) is 0 Å². The molecule has 2 unspecified atom stereocenters. The second-order valence-corrected chi connectivity index (χ2v) is 3.69. The summed E-state index contributed by atoms with van der Waals surface area (Å²) in [6, 6.07) is 2.07. The number of nitrogens with zero attached hydrogens (tertiary/aromatic N) is 1. The Bertz CT molecular complexity index is 222. The summed E-state index contributed by atoms with van der Waals surface area (Å²) in [5, 5.41) is 8.46. The zero-order chi connectivity index (χ0) is 9.52. The van der Waals surface area contributed by atoms with Crippen molar-refractivity contribution >= 4 is 0 Å². The first kappa shape index (κ1) is 10.1. The smallest absolute Gasteiger partial charge is 0.0908 e. The van der Waals surface area contributed by atoms with Gasteiger partial charge in [-0.3, -0.25) is 0 Å². The van der Waals surface area contributed by atoms with Gasteiger partial charge in [-0.2, -0.15) is 5.26 Å². The standard InChI is InChI=1S/C12H17N/c1-2-11-7-4-3-5-8-12(11)9-6-10-13/h2,6,9,11-12H,1,3-5,7-8H2. The molecule has 1 fully saturated rings. The fourth-order valence-corrected chi connectivity index (χ4v) is 2.06. The molecule has 2 atom stereocenters. The molecule has 0 aromatic heterocycles. The molecule has 1 heteroatoms. The minimum absolute atomic E-state index is 0.555. The lowest BCUT2D eigenvalue weighted by Gasteiger charge is -2.17. The molecular formula is C12H17N. The van der Waals surface area contributed by atoms with Gasteiger partial charge in [0.1, 0.15) is 0 Å². The van der Waals surface area contributed by atoms with Crippen LogP contribution in [0, 0.1) is 23.2 Å². The molecule has 70 valence electrons. The molecule has 0 bridgehead atoms. The molecule has 1 aliphatic carbocycles. The van der Waals surface area contributed by atoms with E-state index in [0.29, 0.717) is 11.8 Å². The monoisotopic (exact) mass is 175 g/mol. The molecule has 13 heavy (non-hydrogen) atoms. The Balaban J connectivity index is 2.60. The largest absolute Gasteiger partial charge is 0.193 e. The maximum absolute atomic E-state index is 8.46. The molecule has 1 saturated carbocycles. The van der Waals surface area contributed by atoms with E-state index in [4.69, 9.17) is 5.26 Å². The van der Waals surface area contributed by atoms with E-state index in [1.165, 1.54) is 32.1 Å². The number of hydrogen-bond donors (Lipinski definition) is 0. The number of rotatable bonds is 2. The number of allylic oxidation sites excluding steroid dienone is 3. The van der Waals surface area contributed by atoms with Crippen LogP contribution in [0.3, 0.4) is 0 Å². The van der Waals surface area contributed by atoms with Crippen molar-refractivity contribution in [2.75, 3.05) is 0 Å². The summed E-state index contributed by atoms with van der Waals surface area (Å²) in [5.74, 6) is 1.15. The molecule has 0 heterocycles. The van der Waals surface area contributed by atoms with Crippen molar-refractivity contribution in [1.29, 1.82) is 5.26 Å². The molecule has 0 radical (unpaired) electrons. The van der Waals surface area contributed by atoms with Gasteiger partial charge >= 0.3 is 0 Å². The van der Waals surface area contributed by atoms with Crippen LogP contribution in [-0.4, -0.2) is 0 Å². The number of hydrogen-bond acceptors (Lipinski definition) is 1. The zero-order valence-corrected chi connectivity index (χ0v) is 8.08. The zero-order valence-electron chi connectivity index (χ0n) is 8.08. The predicted octanol–water partition coefficient (Wildman–Crippen LogP) is 3.45. The van der Waals surface area contributed by atoms with Crippen molar-refractivity contribution < 1.29 is 0 Å². The van der Waals surface area contributed by atoms with E-state index in [1.54, 1.807) is 6.08 Å². The average Bonchev–Trinajstić information content (AvgIpc) is 2.39. The summed E-state index contributed by atoms with van der Waals surface area (Å²) in [6.07, 6.45) is 12.1. The van der Waals surface area contributed by atoms with Crippen LogP contribution in [0.15, 0.2) is 24.8 Å². The topological polar surface area (TPSA) is 23.8 Å². The van der Waals surface area contributed by atoms with Gasteiger partial charge in [-0.15, -0.1) is 6.58 Å². The van der Waals surface area contributed by atoms with Crippen molar-refractivity contribution in [1.82, 2.24) is 0 Å². The van der Waals surface area contributed by atoms with Crippen LogP contribution in [0.5, 0.6) is 0 Å². The highest BCUT2D eigenvalue weighted by atomic mass is 14.2. The minimum Gasteiger partial charge on any atom is -0.193 e. The van der Waals surface area contributed by atoms with Crippen LogP contribution in [0.4, 0.5) is 0 Å². The van der Waals surface area contributed by atoms with Crippen LogP contribution >= 0.6 is 0 Å². The van der Waals surface area contributed by atoms with E-state index in [9.17, 15) is 0 Å². The Morgan fingerprint density at radius 2 is 1.85 bits per heavy atom. The van der Waals surface area contributed by atoms with E-state index < -0.39 is 0 Å². The van der Waals surface area contributed by atoms with Gasteiger partial charge < -0.3 is 0 Å². The fourth-order valence-electron chi connectivity index (χ4n) is 2.06. The SMILES string of the molecule is C=CC1CCCCCC1C=CC#N. The van der Waals surface area contributed by atoms with E-state index in [-0.39, 0.29) is 0 Å². The Morgan fingerprint density at radius 3 is 2.46 bits per heavy atom. The van der Waals surface area contributed by atoms with E-state index in [1.807, 2.05) is 0 Å². The first-order chi connectivity index (χ1) is 6.38. The van der Waals surface area contributed by atoms with Gasteiger partial charge in [-0.1, -0.05) is 31.4 Å². The van der Waals surface area contributed by atoms with Gasteiger partial charge in [0, 0.05) is 6.08 Å². The molecule has 0 aliphatic heterocycles. The Morgan fingerprint density at radius 1 is 1.15 bits per heavy atom. The maximum Gasteiger partial charge on any atom is 0.0908 e. The summed E-state index contributed by atoms with van der Waals surface area (Å²) < 4.78 is 0. The molecular weight excluding hydrogens is 158 g/mol. The summed E-state index contributed by atoms with van der Waals surface area (Å²) in [4.78, 5) is 0. The minimum atomic E-state index is 0.555. The second-order valence-electron chi connectivity index (χ2n) is 3.69. The van der Waals surface area contributed by atoms with E-state index in [2.05, 4.69) is 24.8 Å². The van der Waals surface area contributed by atoms with Gasteiger partial charge in [0.05, 0.1) is 6.07 Å². The molecule has 1 aliphatic rings. The van der Waals surface area contributed by atoms with Gasteiger partial charge in [-0.05, 0) is 24.7 Å². The van der Waals surface area contributed by atoms with Crippen molar-refractivity contribution in [3.8, 4) is 6.07 Å². The predicted molar refractivity (Wildman–Crippen MR) is 55.0 cm³/mol. The first-order valence-electron chi connectivity index (χ1n) is 5.07. The van der Waals surface area contributed by atoms with Crippen LogP contribution in [0.2, 0.25) is 0 Å². The highest BCUT2D eigenvalue weighted by Gasteiger charge is 2.18. The lowest BCUT2D eigenvalue weighted by atomic mass is 9.88. The summed E-state index contributed by atoms with van der Waals surface area (Å²) in [6.45, 7) is 3.87. The lowest BCUT2D eigenvalue weighted by Crippen LogP contribution is -2.07. The van der Waals surface area contributed by atoms with Crippen molar-refractivity contribution in [3.05, 3.63) is 24.8 Å². The van der Waals surface area contributed by atoms with Crippen LogP contribution in [0.25, 0.3) is 0 Å². The Kier molecular flexibility index (Phi) is 4.32. The van der Waals surface area contributed by atoms with E-state index in [0.717, 1.165) is 0 Å². The van der Waals surface area contributed by atoms with E-state index >= 15 is 0 Å². The Labute approximate surface area is 80.8 Å². The fraction of sp³-hybridized carbons (Fsp3) is 0.583. The normalized spacial score (nSPS) is 29.5. The molecule has 0 amide bonds. The summed E-state index contributed by atoms with van der Waals surface area (Å²) >= 11 is 0. The highest BCUT2D eigenvalue weighted by Crippen LogP contribution is 2.30. The molecule has 1 rings (SSSR count). The first-order valence-corrected chi connectivity index (χ1v) is 5.07. The van der Waals surface area contributed by atoms with Gasteiger partial charge in [0.2, 0.25) is 0 Å². The van der Waals surface area contributed by atoms with Crippen LogP contribution < -0.4 is 0 Å². The van der Waals surface area contributed by atoms with Crippen molar-refractivity contribution in [3.63, 3.8) is 0 Å². The lowest BCUT2D eigenvalue weighted by molar-refractivity contribution is 0.450. The molecule has 1 nitrogen and oxygen atoms in total. The third-order valence-electron chi connectivity index (χ3n) is 2.85. The molecule has 0 saturated heterocycles. The molecule has 0 aromatic rings. The third-order valence-corrected chi connectivity index (χ3v) is 2.85.